The van der Waals surface area contributed by atoms with Gasteiger partial charge in [0.25, 0.3) is 0 Å². The van der Waals surface area contributed by atoms with Crippen LogP contribution in [-0.2, 0) is 0 Å². The number of amidine groups is 1. The first-order valence-corrected chi connectivity index (χ1v) is 3.69. The molecule has 2 nitrogen and oxygen atoms in total. The minimum absolute atomic E-state index is 0.424. The summed E-state index contributed by atoms with van der Waals surface area (Å²) < 4.78 is 0.424. The van der Waals surface area contributed by atoms with Gasteiger partial charge in [0.15, 0.2) is 5.17 Å². The quantitative estimate of drug-likeness (QED) is 0.560. The number of rotatable bonds is 0. The lowest BCUT2D eigenvalue weighted by atomic mass is 10.8. The Morgan fingerprint density at radius 3 is 2.86 bits per heavy atom. The SMILES string of the molecule is NC1=NCC(Br)S1. The summed E-state index contributed by atoms with van der Waals surface area (Å²) in [6.45, 7) is 0.816. The van der Waals surface area contributed by atoms with E-state index in [0.717, 1.165) is 6.54 Å². The standard InChI is InChI=1S/C3H5BrN2S/c4-2-1-6-3(5)7-2/h2H,1H2,(H2,5,6). The second-order valence-corrected chi connectivity index (χ2v) is 4.14. The molecule has 1 aliphatic heterocycles. The van der Waals surface area contributed by atoms with E-state index in [1.54, 1.807) is 11.8 Å². The molecule has 0 saturated carbocycles. The summed E-state index contributed by atoms with van der Waals surface area (Å²) >= 11 is 4.91. The van der Waals surface area contributed by atoms with Crippen LogP contribution in [0.4, 0.5) is 0 Å². The molecule has 4 heteroatoms. The molecule has 1 heterocycles. The first kappa shape index (κ1) is 5.44. The van der Waals surface area contributed by atoms with E-state index in [0.29, 0.717) is 9.33 Å². The predicted molar refractivity (Wildman–Crippen MR) is 36.8 cm³/mol. The zero-order chi connectivity index (χ0) is 5.28. The summed E-state index contributed by atoms with van der Waals surface area (Å²) in [6, 6.07) is 0. The van der Waals surface area contributed by atoms with Gasteiger partial charge in [-0.15, -0.1) is 0 Å². The molecule has 0 bridgehead atoms. The largest absolute Gasteiger partial charge is 0.379 e. The Kier molecular flexibility index (Phi) is 1.59. The Morgan fingerprint density at radius 1 is 2.00 bits per heavy atom. The summed E-state index contributed by atoms with van der Waals surface area (Å²) in [5.41, 5.74) is 5.31. The van der Waals surface area contributed by atoms with Crippen LogP contribution in [0.1, 0.15) is 0 Å². The maximum absolute atomic E-state index is 5.31. The van der Waals surface area contributed by atoms with Crippen molar-refractivity contribution in [3.63, 3.8) is 0 Å². The summed E-state index contributed by atoms with van der Waals surface area (Å²) in [7, 11) is 0. The molecular formula is C3H5BrN2S. The van der Waals surface area contributed by atoms with Crippen molar-refractivity contribution < 1.29 is 0 Å². The van der Waals surface area contributed by atoms with Crippen LogP contribution in [0.25, 0.3) is 0 Å². The van der Waals surface area contributed by atoms with Crippen molar-refractivity contribution in [2.45, 2.75) is 4.16 Å². The summed E-state index contributed by atoms with van der Waals surface area (Å²) in [5, 5.41) is 0.696. The second kappa shape index (κ2) is 2.05. The van der Waals surface area contributed by atoms with E-state index < -0.39 is 0 Å². The molecule has 2 N–H and O–H groups in total. The molecule has 7 heavy (non-hydrogen) atoms. The molecule has 1 atom stereocenters. The van der Waals surface area contributed by atoms with Gasteiger partial charge in [0.2, 0.25) is 0 Å². The fraction of sp³-hybridized carbons (Fsp3) is 0.667. The molecule has 0 aromatic rings. The topological polar surface area (TPSA) is 38.4 Å². The molecule has 1 unspecified atom stereocenters. The minimum atomic E-state index is 0.424. The van der Waals surface area contributed by atoms with Gasteiger partial charge in [-0.05, 0) is 0 Å². The Labute approximate surface area is 54.7 Å². The maximum atomic E-state index is 5.31. The lowest BCUT2D eigenvalue weighted by Crippen LogP contribution is -2.01. The third kappa shape index (κ3) is 1.35. The molecule has 0 aliphatic carbocycles. The fourth-order valence-electron chi connectivity index (χ4n) is 0.367. The van der Waals surface area contributed by atoms with Crippen molar-refractivity contribution in [3.05, 3.63) is 0 Å². The van der Waals surface area contributed by atoms with E-state index in [4.69, 9.17) is 5.73 Å². The van der Waals surface area contributed by atoms with Crippen LogP contribution >= 0.6 is 27.7 Å². The number of alkyl halides is 1. The molecule has 0 aromatic heterocycles. The van der Waals surface area contributed by atoms with Crippen molar-refractivity contribution in [2.75, 3.05) is 6.54 Å². The van der Waals surface area contributed by atoms with Crippen LogP contribution in [0, 0.1) is 0 Å². The van der Waals surface area contributed by atoms with Crippen LogP contribution in [0.2, 0.25) is 0 Å². The Bertz CT molecular complexity index is 103. The molecule has 0 aromatic carbocycles. The summed E-state index contributed by atoms with van der Waals surface area (Å²) in [4.78, 5) is 3.93. The number of hydrogen-bond donors (Lipinski definition) is 1. The molecule has 1 aliphatic rings. The molecule has 0 saturated heterocycles. The van der Waals surface area contributed by atoms with Gasteiger partial charge >= 0.3 is 0 Å². The van der Waals surface area contributed by atoms with Crippen LogP contribution in [0.15, 0.2) is 4.99 Å². The highest BCUT2D eigenvalue weighted by atomic mass is 79.9. The average Bonchev–Trinajstić information content (AvgIpc) is 1.87. The lowest BCUT2D eigenvalue weighted by Gasteiger charge is -1.89. The van der Waals surface area contributed by atoms with E-state index in [2.05, 4.69) is 20.9 Å². The normalized spacial score (nSPS) is 30.4. The Balaban J connectivity index is 2.42. The molecular weight excluding hydrogens is 176 g/mol. The van der Waals surface area contributed by atoms with Gasteiger partial charge in [-0.1, -0.05) is 27.7 Å². The van der Waals surface area contributed by atoms with Crippen LogP contribution in [0.5, 0.6) is 0 Å². The van der Waals surface area contributed by atoms with E-state index in [1.807, 2.05) is 0 Å². The van der Waals surface area contributed by atoms with Gasteiger partial charge in [0, 0.05) is 0 Å². The van der Waals surface area contributed by atoms with Gasteiger partial charge in [-0.2, -0.15) is 0 Å². The number of hydrogen-bond acceptors (Lipinski definition) is 3. The average molecular weight is 181 g/mol. The third-order valence-electron chi connectivity index (χ3n) is 0.639. The van der Waals surface area contributed by atoms with Crippen molar-refractivity contribution in [2.24, 2.45) is 10.7 Å². The highest BCUT2D eigenvalue weighted by molar-refractivity contribution is 9.11. The van der Waals surface area contributed by atoms with Gasteiger partial charge in [0.05, 0.1) is 10.7 Å². The van der Waals surface area contributed by atoms with Crippen molar-refractivity contribution in [3.8, 4) is 0 Å². The van der Waals surface area contributed by atoms with Crippen LogP contribution in [-0.4, -0.2) is 15.9 Å². The zero-order valence-corrected chi connectivity index (χ0v) is 6.00. The smallest absolute Gasteiger partial charge is 0.155 e. The highest BCUT2D eigenvalue weighted by Crippen LogP contribution is 2.22. The van der Waals surface area contributed by atoms with E-state index in [1.165, 1.54) is 0 Å². The second-order valence-electron chi connectivity index (χ2n) is 1.21. The Morgan fingerprint density at radius 2 is 2.71 bits per heavy atom. The highest BCUT2D eigenvalue weighted by Gasteiger charge is 2.11. The number of nitrogens with two attached hydrogens (primary N) is 1. The molecule has 40 valence electrons. The summed E-state index contributed by atoms with van der Waals surface area (Å²) in [5.74, 6) is 0. The number of nitrogens with zero attached hydrogens (tertiary/aromatic N) is 1. The van der Waals surface area contributed by atoms with Gasteiger partial charge in [0.1, 0.15) is 0 Å². The maximum Gasteiger partial charge on any atom is 0.155 e. The minimum Gasteiger partial charge on any atom is -0.379 e. The lowest BCUT2D eigenvalue weighted by molar-refractivity contribution is 1.14. The Hall–Kier alpha value is 0.300. The van der Waals surface area contributed by atoms with Crippen molar-refractivity contribution >= 4 is 32.9 Å². The molecule has 1 rings (SSSR count). The first-order valence-electron chi connectivity index (χ1n) is 1.89. The third-order valence-corrected chi connectivity index (χ3v) is 2.27. The fourth-order valence-corrected chi connectivity index (χ4v) is 1.65. The van der Waals surface area contributed by atoms with E-state index in [9.17, 15) is 0 Å². The van der Waals surface area contributed by atoms with Crippen LogP contribution < -0.4 is 5.73 Å². The molecule has 0 radical (unpaired) electrons. The predicted octanol–water partition coefficient (Wildman–Crippen LogP) is 0.769. The summed E-state index contributed by atoms with van der Waals surface area (Å²) in [6.07, 6.45) is 0. The number of halogens is 1. The number of thioether (sulfide) groups is 1. The van der Waals surface area contributed by atoms with Gasteiger partial charge in [-0.3, -0.25) is 4.99 Å². The van der Waals surface area contributed by atoms with Crippen LogP contribution in [0.3, 0.4) is 0 Å². The van der Waals surface area contributed by atoms with E-state index in [-0.39, 0.29) is 0 Å². The van der Waals surface area contributed by atoms with Gasteiger partial charge in [-0.25, -0.2) is 0 Å². The molecule has 0 spiro atoms. The molecule has 0 amide bonds. The monoisotopic (exact) mass is 180 g/mol. The number of aliphatic imine (C=N–C) groups is 1. The first-order chi connectivity index (χ1) is 3.29. The van der Waals surface area contributed by atoms with E-state index >= 15 is 0 Å². The molecule has 0 fully saturated rings. The van der Waals surface area contributed by atoms with Gasteiger partial charge < -0.3 is 5.73 Å². The van der Waals surface area contributed by atoms with Crippen molar-refractivity contribution in [1.82, 2.24) is 0 Å². The zero-order valence-electron chi connectivity index (χ0n) is 3.60. The van der Waals surface area contributed by atoms with Crippen molar-refractivity contribution in [1.29, 1.82) is 0 Å².